The van der Waals surface area contributed by atoms with Gasteiger partial charge in [0.05, 0.1) is 25.3 Å². The molecule has 0 aromatic heterocycles. The quantitative estimate of drug-likeness (QED) is 0.525. The van der Waals surface area contributed by atoms with Gasteiger partial charge in [-0.2, -0.15) is 0 Å². The largest absolute Gasteiger partial charge is 0.497 e. The third kappa shape index (κ3) is 5.65. The Kier molecular flexibility index (Phi) is 7.47. The van der Waals surface area contributed by atoms with Crippen molar-refractivity contribution in [3.8, 4) is 17.2 Å². The smallest absolute Gasteiger partial charge is 0.338 e. The molecule has 1 saturated heterocycles. The summed E-state index contributed by atoms with van der Waals surface area (Å²) in [5, 5.41) is 5.76. The molecule has 10 heteroatoms. The zero-order chi connectivity index (χ0) is 25.8. The van der Waals surface area contributed by atoms with Crippen molar-refractivity contribution in [3.63, 3.8) is 0 Å². The molecule has 3 aliphatic heterocycles. The molecule has 0 unspecified atom stereocenters. The number of carbonyl (C=O) groups excluding carboxylic acids is 2. The molecule has 2 aromatic carbocycles. The van der Waals surface area contributed by atoms with E-state index in [0.717, 1.165) is 49.8 Å². The highest BCUT2D eigenvalue weighted by atomic mass is 16.7. The number of hydrogen-bond donors (Lipinski definition) is 2. The Hall–Kier alpha value is -3.76. The molecule has 0 radical (unpaired) electrons. The van der Waals surface area contributed by atoms with E-state index in [1.165, 1.54) is 5.56 Å². The molecule has 37 heavy (non-hydrogen) atoms. The molecular formula is C27H32N4O6. The van der Waals surface area contributed by atoms with Gasteiger partial charge in [0.1, 0.15) is 5.75 Å². The van der Waals surface area contributed by atoms with Gasteiger partial charge >= 0.3 is 12.0 Å². The number of esters is 1. The van der Waals surface area contributed by atoms with Crippen LogP contribution in [0.5, 0.6) is 17.2 Å². The van der Waals surface area contributed by atoms with E-state index >= 15 is 0 Å². The van der Waals surface area contributed by atoms with Crippen LogP contribution in [0.4, 0.5) is 4.79 Å². The van der Waals surface area contributed by atoms with E-state index in [1.807, 2.05) is 36.4 Å². The molecule has 1 fully saturated rings. The molecular weight excluding hydrogens is 476 g/mol. The lowest BCUT2D eigenvalue weighted by atomic mass is 9.94. The van der Waals surface area contributed by atoms with Gasteiger partial charge in [0, 0.05) is 45.0 Å². The van der Waals surface area contributed by atoms with E-state index in [4.69, 9.17) is 18.9 Å². The number of rotatable bonds is 8. The maximum Gasteiger partial charge on any atom is 0.338 e. The first kappa shape index (κ1) is 24.9. The molecule has 5 rings (SSSR count). The first-order valence-electron chi connectivity index (χ1n) is 12.5. The fourth-order valence-corrected chi connectivity index (χ4v) is 4.87. The van der Waals surface area contributed by atoms with Crippen LogP contribution in [0.1, 0.15) is 24.1 Å². The number of fused-ring (bicyclic) bond motifs is 1. The van der Waals surface area contributed by atoms with Crippen molar-refractivity contribution >= 4 is 12.0 Å². The monoisotopic (exact) mass is 508 g/mol. The van der Waals surface area contributed by atoms with Gasteiger partial charge in [-0.15, -0.1) is 0 Å². The molecule has 2 aromatic rings. The summed E-state index contributed by atoms with van der Waals surface area (Å²) in [4.78, 5) is 30.3. The summed E-state index contributed by atoms with van der Waals surface area (Å²) < 4.78 is 21.5. The average molecular weight is 509 g/mol. The van der Waals surface area contributed by atoms with Crippen LogP contribution in [-0.4, -0.2) is 75.0 Å². The number of methoxy groups -OCH3 is 1. The summed E-state index contributed by atoms with van der Waals surface area (Å²) in [5.74, 6) is 1.84. The molecule has 0 spiro atoms. The number of carbonyl (C=O) groups is 2. The average Bonchev–Trinajstić information content (AvgIpc) is 3.38. The van der Waals surface area contributed by atoms with Crippen LogP contribution in [0.3, 0.4) is 0 Å². The highest BCUT2D eigenvalue weighted by Crippen LogP contribution is 2.33. The Labute approximate surface area is 216 Å². The van der Waals surface area contributed by atoms with E-state index in [2.05, 4.69) is 26.5 Å². The second kappa shape index (κ2) is 11.1. The van der Waals surface area contributed by atoms with Crippen molar-refractivity contribution in [2.24, 2.45) is 0 Å². The standard InChI is InChI=1S/C27H32N4O6/c1-3-35-26(32)24-21(28-27(33)29-25(24)19-5-7-20(34-2)8-6-19)16-31-12-10-30(11-13-31)15-18-4-9-22-23(14-18)37-17-36-22/h4-9,14,25H,3,10-13,15-17H2,1-2H3,(H2,28,29,33)/t25-/m0/s1. The minimum atomic E-state index is -0.610. The van der Waals surface area contributed by atoms with E-state index in [0.29, 0.717) is 23.6 Å². The number of urea groups is 1. The van der Waals surface area contributed by atoms with Crippen LogP contribution >= 0.6 is 0 Å². The van der Waals surface area contributed by atoms with Crippen LogP contribution in [0.2, 0.25) is 0 Å². The first-order valence-corrected chi connectivity index (χ1v) is 12.5. The normalized spacial score (nSPS) is 19.8. The highest BCUT2D eigenvalue weighted by Gasteiger charge is 2.34. The molecule has 0 saturated carbocycles. The molecule has 2 amide bonds. The van der Waals surface area contributed by atoms with Crippen molar-refractivity contribution < 1.29 is 28.5 Å². The summed E-state index contributed by atoms with van der Waals surface area (Å²) in [7, 11) is 1.60. The molecule has 2 N–H and O–H groups in total. The predicted octanol–water partition coefficient (Wildman–Crippen LogP) is 2.41. The molecule has 3 aliphatic rings. The van der Waals surface area contributed by atoms with Crippen molar-refractivity contribution in [1.82, 2.24) is 20.4 Å². The van der Waals surface area contributed by atoms with E-state index in [9.17, 15) is 9.59 Å². The lowest BCUT2D eigenvalue weighted by molar-refractivity contribution is -0.139. The maximum absolute atomic E-state index is 13.1. The van der Waals surface area contributed by atoms with Gasteiger partial charge in [0.15, 0.2) is 11.5 Å². The van der Waals surface area contributed by atoms with Crippen LogP contribution in [0, 0.1) is 0 Å². The summed E-state index contributed by atoms with van der Waals surface area (Å²) in [6, 6.07) is 12.4. The van der Waals surface area contributed by atoms with Gasteiger partial charge in [-0.3, -0.25) is 9.80 Å². The molecule has 1 atom stereocenters. The van der Waals surface area contributed by atoms with Gasteiger partial charge in [-0.25, -0.2) is 9.59 Å². The van der Waals surface area contributed by atoms with Crippen LogP contribution < -0.4 is 24.8 Å². The lowest BCUT2D eigenvalue weighted by Gasteiger charge is -2.37. The summed E-state index contributed by atoms with van der Waals surface area (Å²) in [6.07, 6.45) is 0. The zero-order valence-electron chi connectivity index (χ0n) is 21.1. The highest BCUT2D eigenvalue weighted by molar-refractivity contribution is 5.95. The van der Waals surface area contributed by atoms with Gasteiger partial charge in [0.2, 0.25) is 6.79 Å². The number of nitrogens with zero attached hydrogens (tertiary/aromatic N) is 2. The van der Waals surface area contributed by atoms with Crippen LogP contribution in [0.25, 0.3) is 0 Å². The summed E-state index contributed by atoms with van der Waals surface area (Å²) in [5.41, 5.74) is 2.96. The van der Waals surface area contributed by atoms with E-state index in [1.54, 1.807) is 14.0 Å². The number of hydrogen-bond acceptors (Lipinski definition) is 8. The van der Waals surface area contributed by atoms with Gasteiger partial charge in [0.25, 0.3) is 0 Å². The molecule has 196 valence electrons. The number of nitrogens with one attached hydrogen (secondary N) is 2. The summed E-state index contributed by atoms with van der Waals surface area (Å²) >= 11 is 0. The second-order valence-corrected chi connectivity index (χ2v) is 9.16. The van der Waals surface area contributed by atoms with Gasteiger partial charge in [-0.05, 0) is 42.3 Å². The fraction of sp³-hybridized carbons (Fsp3) is 0.407. The van der Waals surface area contributed by atoms with Crippen molar-refractivity contribution in [1.29, 1.82) is 0 Å². The SMILES string of the molecule is CCOC(=O)C1=C(CN2CCN(Cc3ccc4c(c3)OCO4)CC2)NC(=O)N[C@H]1c1ccc(OC)cc1. The van der Waals surface area contributed by atoms with Crippen LogP contribution in [0.15, 0.2) is 53.7 Å². The molecule has 0 aliphatic carbocycles. The number of piperazine rings is 1. The zero-order valence-corrected chi connectivity index (χ0v) is 21.1. The Morgan fingerprint density at radius 2 is 1.70 bits per heavy atom. The lowest BCUT2D eigenvalue weighted by Crippen LogP contribution is -2.51. The second-order valence-electron chi connectivity index (χ2n) is 9.16. The Morgan fingerprint density at radius 1 is 1.00 bits per heavy atom. The number of ether oxygens (including phenoxy) is 4. The van der Waals surface area contributed by atoms with Gasteiger partial charge in [-0.1, -0.05) is 18.2 Å². The minimum Gasteiger partial charge on any atom is -0.497 e. The van der Waals surface area contributed by atoms with Crippen LogP contribution in [-0.2, 0) is 16.1 Å². The minimum absolute atomic E-state index is 0.247. The van der Waals surface area contributed by atoms with Crippen molar-refractivity contribution in [2.45, 2.75) is 19.5 Å². The molecule has 3 heterocycles. The topological polar surface area (TPSA) is 102 Å². The molecule has 0 bridgehead atoms. The van der Waals surface area contributed by atoms with Crippen molar-refractivity contribution in [3.05, 3.63) is 64.9 Å². The first-order chi connectivity index (χ1) is 18.0. The predicted molar refractivity (Wildman–Crippen MR) is 135 cm³/mol. The van der Waals surface area contributed by atoms with Crippen molar-refractivity contribution in [2.75, 3.05) is 53.2 Å². The maximum atomic E-state index is 13.1. The fourth-order valence-electron chi connectivity index (χ4n) is 4.87. The Bertz CT molecular complexity index is 1170. The molecule has 10 nitrogen and oxygen atoms in total. The Morgan fingerprint density at radius 3 is 2.41 bits per heavy atom. The van der Waals surface area contributed by atoms with Gasteiger partial charge < -0.3 is 29.6 Å². The third-order valence-electron chi connectivity index (χ3n) is 6.79. The Balaban J connectivity index is 1.28. The third-order valence-corrected chi connectivity index (χ3v) is 6.79. The summed E-state index contributed by atoms with van der Waals surface area (Å²) in [6.45, 7) is 6.91. The van der Waals surface area contributed by atoms with E-state index < -0.39 is 12.0 Å². The number of benzene rings is 2. The van der Waals surface area contributed by atoms with E-state index in [-0.39, 0.29) is 19.4 Å². The number of amides is 2.